The number of hydrogen-bond acceptors (Lipinski definition) is 4. The zero-order chi connectivity index (χ0) is 19.8. The number of nitrogens with zero attached hydrogens (tertiary/aromatic N) is 4. The van der Waals surface area contributed by atoms with Gasteiger partial charge in [0.05, 0.1) is 23.1 Å². The van der Waals surface area contributed by atoms with Gasteiger partial charge in [0.15, 0.2) is 11.5 Å². The number of nitrogens with one attached hydrogen (secondary N) is 1. The third kappa shape index (κ3) is 4.16. The van der Waals surface area contributed by atoms with Crippen LogP contribution in [0.15, 0.2) is 41.1 Å². The molecule has 3 aromatic heterocycles. The number of carbonyl (C=O) groups excluding carboxylic acids is 1. The highest BCUT2D eigenvalue weighted by molar-refractivity contribution is 9.10. The molecule has 0 aliphatic rings. The van der Waals surface area contributed by atoms with Crippen molar-refractivity contribution >= 4 is 27.5 Å². The molecule has 0 aromatic carbocycles. The largest absolute Gasteiger partial charge is 0.434 e. The number of hydrogen-bond donors (Lipinski definition) is 1. The summed E-state index contributed by atoms with van der Waals surface area (Å²) >= 11 is 2.88. The van der Waals surface area contributed by atoms with E-state index in [1.54, 1.807) is 10.7 Å². The van der Waals surface area contributed by atoms with Gasteiger partial charge < -0.3 is 5.32 Å². The molecule has 3 aromatic rings. The predicted molar refractivity (Wildman–Crippen MR) is 95.7 cm³/mol. The average Bonchev–Trinajstić information content (AvgIpc) is 2.93. The summed E-state index contributed by atoms with van der Waals surface area (Å²) in [4.78, 5) is 19.9. The van der Waals surface area contributed by atoms with Gasteiger partial charge in [0.25, 0.3) is 5.91 Å². The molecule has 0 saturated carbocycles. The minimum atomic E-state index is -4.76. The number of carbonyl (C=O) groups is 1. The Hall–Kier alpha value is -2.75. The van der Waals surface area contributed by atoms with Crippen molar-refractivity contribution in [2.75, 3.05) is 5.32 Å². The lowest BCUT2D eigenvalue weighted by molar-refractivity contribution is -0.141. The normalized spacial score (nSPS) is 11.5. The Morgan fingerprint density at radius 3 is 2.48 bits per heavy atom. The Bertz CT molecular complexity index is 999. The minimum Gasteiger partial charge on any atom is -0.321 e. The van der Waals surface area contributed by atoms with E-state index in [4.69, 9.17) is 0 Å². The summed E-state index contributed by atoms with van der Waals surface area (Å²) in [6, 6.07) is 7.37. The number of anilines is 1. The number of alkyl halides is 3. The quantitative estimate of drug-likeness (QED) is 0.617. The zero-order valence-corrected chi connectivity index (χ0v) is 15.8. The molecule has 0 aliphatic carbocycles. The highest BCUT2D eigenvalue weighted by Gasteiger charge is 2.37. The van der Waals surface area contributed by atoms with Crippen molar-refractivity contribution in [1.82, 2.24) is 19.7 Å². The number of rotatable bonds is 3. The fourth-order valence-corrected chi connectivity index (χ4v) is 2.79. The lowest BCUT2D eigenvalue weighted by Gasteiger charge is -2.12. The Morgan fingerprint density at radius 2 is 1.93 bits per heavy atom. The van der Waals surface area contributed by atoms with E-state index < -0.39 is 23.3 Å². The van der Waals surface area contributed by atoms with Crippen LogP contribution < -0.4 is 5.32 Å². The highest BCUT2D eigenvalue weighted by atomic mass is 79.9. The fourth-order valence-electron chi connectivity index (χ4n) is 2.48. The highest BCUT2D eigenvalue weighted by Crippen LogP contribution is 2.31. The summed E-state index contributed by atoms with van der Waals surface area (Å²) in [5.41, 5.74) is 0.123. The summed E-state index contributed by atoms with van der Waals surface area (Å²) in [5.74, 6) is -0.400. The standard InChI is InChI=1S/C17H13BrF3N5O/c1-9-7-10(2)26(25-9)14-6-3-11(8-22-14)23-16(27)12-4-5-13(18)24-15(12)17(19,20)21/h3-8H,1-2H3,(H,23,27). The van der Waals surface area contributed by atoms with Gasteiger partial charge in [-0.05, 0) is 60.1 Å². The van der Waals surface area contributed by atoms with Gasteiger partial charge in [0.1, 0.15) is 4.60 Å². The molecule has 0 radical (unpaired) electrons. The molecule has 0 unspecified atom stereocenters. The predicted octanol–water partition coefficient (Wildman–Crippen LogP) is 4.31. The summed E-state index contributed by atoms with van der Waals surface area (Å²) in [7, 11) is 0. The van der Waals surface area contributed by atoms with E-state index in [1.165, 1.54) is 18.3 Å². The summed E-state index contributed by atoms with van der Waals surface area (Å²) in [5, 5.41) is 6.70. The SMILES string of the molecule is Cc1cc(C)n(-c2ccc(NC(=O)c3ccc(Br)nc3C(F)(F)F)cn2)n1. The molecule has 0 aliphatic heterocycles. The maximum Gasteiger partial charge on any atom is 0.434 e. The van der Waals surface area contributed by atoms with Crippen LogP contribution in [0.4, 0.5) is 18.9 Å². The van der Waals surface area contributed by atoms with Crippen LogP contribution in [-0.4, -0.2) is 25.7 Å². The molecule has 3 rings (SSSR count). The Kier molecular flexibility index (Phi) is 5.01. The van der Waals surface area contributed by atoms with Gasteiger partial charge in [-0.3, -0.25) is 4.79 Å². The van der Waals surface area contributed by atoms with Gasteiger partial charge in [0, 0.05) is 5.69 Å². The molecule has 10 heteroatoms. The second kappa shape index (κ2) is 7.10. The zero-order valence-electron chi connectivity index (χ0n) is 14.2. The van der Waals surface area contributed by atoms with Crippen LogP contribution in [0.1, 0.15) is 27.4 Å². The van der Waals surface area contributed by atoms with E-state index in [-0.39, 0.29) is 10.3 Å². The molecular weight excluding hydrogens is 427 g/mol. The van der Waals surface area contributed by atoms with Crippen molar-refractivity contribution in [1.29, 1.82) is 0 Å². The smallest absolute Gasteiger partial charge is 0.321 e. The summed E-state index contributed by atoms with van der Waals surface area (Å²) in [6.07, 6.45) is -3.41. The summed E-state index contributed by atoms with van der Waals surface area (Å²) < 4.78 is 41.0. The first-order valence-corrected chi connectivity index (χ1v) is 8.49. The van der Waals surface area contributed by atoms with Crippen molar-refractivity contribution in [3.05, 3.63) is 63.8 Å². The van der Waals surface area contributed by atoms with Crippen molar-refractivity contribution in [3.63, 3.8) is 0 Å². The molecule has 1 amide bonds. The Labute approximate surface area is 160 Å². The molecule has 0 fully saturated rings. The van der Waals surface area contributed by atoms with Crippen LogP contribution in [0.2, 0.25) is 0 Å². The first kappa shape index (κ1) is 19.0. The molecule has 1 N–H and O–H groups in total. The number of aryl methyl sites for hydroxylation is 2. The number of pyridine rings is 2. The van der Waals surface area contributed by atoms with Crippen LogP contribution >= 0.6 is 15.9 Å². The Morgan fingerprint density at radius 1 is 1.19 bits per heavy atom. The van der Waals surface area contributed by atoms with Crippen LogP contribution in [0.25, 0.3) is 5.82 Å². The number of amides is 1. The van der Waals surface area contributed by atoms with Gasteiger partial charge in [-0.15, -0.1) is 0 Å². The molecule has 0 spiro atoms. The van der Waals surface area contributed by atoms with Crippen molar-refractivity contribution in [2.45, 2.75) is 20.0 Å². The van der Waals surface area contributed by atoms with Crippen molar-refractivity contribution in [2.24, 2.45) is 0 Å². The first-order chi connectivity index (χ1) is 12.6. The van der Waals surface area contributed by atoms with Gasteiger partial charge in [-0.2, -0.15) is 18.3 Å². The topological polar surface area (TPSA) is 72.7 Å². The molecule has 0 saturated heterocycles. The third-order valence-corrected chi connectivity index (χ3v) is 4.05. The maximum absolute atomic E-state index is 13.1. The van der Waals surface area contributed by atoms with E-state index >= 15 is 0 Å². The maximum atomic E-state index is 13.1. The van der Waals surface area contributed by atoms with Crippen LogP contribution in [0.3, 0.4) is 0 Å². The van der Waals surface area contributed by atoms with Crippen molar-refractivity contribution < 1.29 is 18.0 Å². The lowest BCUT2D eigenvalue weighted by Crippen LogP contribution is -2.20. The molecule has 0 bridgehead atoms. The van der Waals surface area contributed by atoms with Crippen LogP contribution in [0, 0.1) is 13.8 Å². The molecule has 140 valence electrons. The molecule has 6 nitrogen and oxygen atoms in total. The van der Waals surface area contributed by atoms with Gasteiger partial charge >= 0.3 is 6.18 Å². The van der Waals surface area contributed by atoms with Gasteiger partial charge in [0.2, 0.25) is 0 Å². The molecule has 27 heavy (non-hydrogen) atoms. The van der Waals surface area contributed by atoms with Gasteiger partial charge in [-0.25, -0.2) is 14.6 Å². The van der Waals surface area contributed by atoms with E-state index in [1.807, 2.05) is 19.9 Å². The number of aromatic nitrogens is 4. The monoisotopic (exact) mass is 439 g/mol. The molecule has 3 heterocycles. The van der Waals surface area contributed by atoms with Crippen molar-refractivity contribution in [3.8, 4) is 5.82 Å². The molecule has 0 atom stereocenters. The summed E-state index contributed by atoms with van der Waals surface area (Å²) in [6.45, 7) is 3.72. The third-order valence-electron chi connectivity index (χ3n) is 3.61. The van der Waals surface area contributed by atoms with E-state index in [0.29, 0.717) is 5.82 Å². The average molecular weight is 440 g/mol. The fraction of sp³-hybridized carbons (Fsp3) is 0.176. The van der Waals surface area contributed by atoms with E-state index in [9.17, 15) is 18.0 Å². The minimum absolute atomic E-state index is 0.0118. The van der Waals surface area contributed by atoms with E-state index in [0.717, 1.165) is 17.5 Å². The van der Waals surface area contributed by atoms with E-state index in [2.05, 4.69) is 36.3 Å². The van der Waals surface area contributed by atoms with Crippen LogP contribution in [0.5, 0.6) is 0 Å². The molecular formula is C17H13BrF3N5O. The van der Waals surface area contributed by atoms with Gasteiger partial charge in [-0.1, -0.05) is 0 Å². The number of halogens is 4. The second-order valence-corrected chi connectivity index (χ2v) is 6.54. The Balaban J connectivity index is 1.84. The second-order valence-electron chi connectivity index (χ2n) is 5.73. The lowest BCUT2D eigenvalue weighted by atomic mass is 10.1. The van der Waals surface area contributed by atoms with Crippen LogP contribution in [-0.2, 0) is 6.18 Å². The first-order valence-electron chi connectivity index (χ1n) is 7.70.